The summed E-state index contributed by atoms with van der Waals surface area (Å²) in [6.45, 7) is 0.217. The van der Waals surface area contributed by atoms with Crippen molar-refractivity contribution < 1.29 is 9.59 Å². The first-order chi connectivity index (χ1) is 10.1. The van der Waals surface area contributed by atoms with Crippen LogP contribution in [0.15, 0.2) is 54.6 Å². The van der Waals surface area contributed by atoms with Crippen LogP contribution in [0.1, 0.15) is 21.8 Å². The minimum atomic E-state index is -0.503. The summed E-state index contributed by atoms with van der Waals surface area (Å²) < 4.78 is 0. The molecule has 0 aromatic heterocycles. The number of primary amides is 1. The molecule has 0 heterocycles. The Kier molecular flexibility index (Phi) is 4.68. The Balaban J connectivity index is 2.11. The third-order valence-corrected chi connectivity index (χ3v) is 3.19. The van der Waals surface area contributed by atoms with Crippen LogP contribution in [0, 0.1) is 0 Å². The summed E-state index contributed by atoms with van der Waals surface area (Å²) in [5, 5.41) is 2.79. The maximum absolute atomic E-state index is 12.3. The minimum absolute atomic E-state index is 0.185. The molecule has 1 atom stereocenters. The molecule has 0 bridgehead atoms. The van der Waals surface area contributed by atoms with Crippen molar-refractivity contribution in [3.63, 3.8) is 0 Å². The van der Waals surface area contributed by atoms with E-state index in [9.17, 15) is 9.59 Å². The fourth-order valence-electron chi connectivity index (χ4n) is 2.03. The maximum atomic E-state index is 12.3. The van der Waals surface area contributed by atoms with Gasteiger partial charge in [-0.25, -0.2) is 0 Å². The number of rotatable bonds is 5. The highest BCUT2D eigenvalue weighted by atomic mass is 16.2. The lowest BCUT2D eigenvalue weighted by Crippen LogP contribution is -2.27. The molecule has 2 rings (SSSR count). The van der Waals surface area contributed by atoms with E-state index < -0.39 is 11.8 Å². The van der Waals surface area contributed by atoms with Gasteiger partial charge in [-0.2, -0.15) is 0 Å². The Labute approximate surface area is 123 Å². The van der Waals surface area contributed by atoms with Gasteiger partial charge < -0.3 is 16.8 Å². The van der Waals surface area contributed by atoms with Crippen LogP contribution in [0.2, 0.25) is 0 Å². The van der Waals surface area contributed by atoms with Gasteiger partial charge in [-0.3, -0.25) is 9.59 Å². The molecule has 0 aliphatic heterocycles. The largest absolute Gasteiger partial charge is 0.366 e. The zero-order chi connectivity index (χ0) is 15.2. The molecule has 2 aromatic carbocycles. The summed E-state index contributed by atoms with van der Waals surface area (Å²) in [5.41, 5.74) is 12.7. The monoisotopic (exact) mass is 283 g/mol. The fourth-order valence-corrected chi connectivity index (χ4v) is 2.03. The van der Waals surface area contributed by atoms with Crippen molar-refractivity contribution in [1.82, 2.24) is 0 Å². The van der Waals surface area contributed by atoms with Crippen molar-refractivity contribution in [2.75, 3.05) is 11.9 Å². The van der Waals surface area contributed by atoms with E-state index in [0.717, 1.165) is 5.56 Å². The SMILES string of the molecule is NCC(C(=O)Nc1ccc(C(N)=O)cc1)c1ccccc1. The van der Waals surface area contributed by atoms with E-state index in [2.05, 4.69) is 5.32 Å². The summed E-state index contributed by atoms with van der Waals surface area (Å²) in [7, 11) is 0. The number of hydrogen-bond acceptors (Lipinski definition) is 3. The summed E-state index contributed by atoms with van der Waals surface area (Å²) in [5.74, 6) is -1.10. The first-order valence-electron chi connectivity index (χ1n) is 6.57. The van der Waals surface area contributed by atoms with E-state index in [1.54, 1.807) is 24.3 Å². The van der Waals surface area contributed by atoms with Gasteiger partial charge in [-0.1, -0.05) is 30.3 Å². The summed E-state index contributed by atoms with van der Waals surface area (Å²) >= 11 is 0. The molecule has 0 aliphatic rings. The quantitative estimate of drug-likeness (QED) is 0.774. The van der Waals surface area contributed by atoms with Gasteiger partial charge in [0.15, 0.2) is 0 Å². The lowest BCUT2D eigenvalue weighted by molar-refractivity contribution is -0.117. The van der Waals surface area contributed by atoms with Gasteiger partial charge in [-0.05, 0) is 29.8 Å². The Morgan fingerprint density at radius 2 is 1.62 bits per heavy atom. The Morgan fingerprint density at radius 1 is 1.00 bits per heavy atom. The second-order valence-electron chi connectivity index (χ2n) is 4.63. The van der Waals surface area contributed by atoms with E-state index in [1.807, 2.05) is 30.3 Å². The van der Waals surface area contributed by atoms with Crippen LogP contribution in [0.5, 0.6) is 0 Å². The highest BCUT2D eigenvalue weighted by Crippen LogP contribution is 2.17. The smallest absolute Gasteiger partial charge is 0.248 e. The molecular formula is C16H17N3O2. The number of nitrogens with one attached hydrogen (secondary N) is 1. The number of amides is 2. The van der Waals surface area contributed by atoms with Gasteiger partial charge >= 0.3 is 0 Å². The molecule has 0 saturated carbocycles. The van der Waals surface area contributed by atoms with Crippen molar-refractivity contribution >= 4 is 17.5 Å². The van der Waals surface area contributed by atoms with Crippen molar-refractivity contribution in [3.8, 4) is 0 Å². The van der Waals surface area contributed by atoms with Crippen LogP contribution >= 0.6 is 0 Å². The van der Waals surface area contributed by atoms with Crippen molar-refractivity contribution in [2.45, 2.75) is 5.92 Å². The van der Waals surface area contributed by atoms with Crippen LogP contribution in [0.25, 0.3) is 0 Å². The van der Waals surface area contributed by atoms with Crippen molar-refractivity contribution in [2.24, 2.45) is 11.5 Å². The van der Waals surface area contributed by atoms with Crippen molar-refractivity contribution in [3.05, 3.63) is 65.7 Å². The predicted molar refractivity (Wildman–Crippen MR) is 81.8 cm³/mol. The third kappa shape index (κ3) is 3.67. The number of nitrogens with two attached hydrogens (primary N) is 2. The fraction of sp³-hybridized carbons (Fsp3) is 0.125. The minimum Gasteiger partial charge on any atom is -0.366 e. The standard InChI is InChI=1S/C16H17N3O2/c17-10-14(11-4-2-1-3-5-11)16(21)19-13-8-6-12(7-9-13)15(18)20/h1-9,14H,10,17H2,(H2,18,20)(H,19,21). The van der Waals surface area contributed by atoms with E-state index in [-0.39, 0.29) is 12.5 Å². The molecule has 5 N–H and O–H groups in total. The summed E-state index contributed by atoms with van der Waals surface area (Å²) in [6, 6.07) is 15.8. The van der Waals surface area contributed by atoms with Crippen LogP contribution in [0.3, 0.4) is 0 Å². The molecule has 0 aliphatic carbocycles. The molecule has 2 aromatic rings. The molecule has 21 heavy (non-hydrogen) atoms. The van der Waals surface area contributed by atoms with Gasteiger partial charge in [0, 0.05) is 17.8 Å². The van der Waals surface area contributed by atoms with Gasteiger partial charge in [0.2, 0.25) is 11.8 Å². The molecule has 0 saturated heterocycles. The molecule has 0 fully saturated rings. The van der Waals surface area contributed by atoms with E-state index in [0.29, 0.717) is 11.3 Å². The Hall–Kier alpha value is -2.66. The third-order valence-electron chi connectivity index (χ3n) is 3.19. The van der Waals surface area contributed by atoms with Crippen LogP contribution in [-0.2, 0) is 4.79 Å². The average molecular weight is 283 g/mol. The predicted octanol–water partition coefficient (Wildman–Crippen LogP) is 1.47. The normalized spacial score (nSPS) is 11.7. The zero-order valence-electron chi connectivity index (χ0n) is 11.5. The molecule has 1 unspecified atom stereocenters. The number of hydrogen-bond donors (Lipinski definition) is 3. The Bertz CT molecular complexity index is 624. The average Bonchev–Trinajstić information content (AvgIpc) is 2.49. The zero-order valence-corrected chi connectivity index (χ0v) is 11.5. The van der Waals surface area contributed by atoms with Gasteiger partial charge in [0.05, 0.1) is 5.92 Å². The van der Waals surface area contributed by atoms with Gasteiger partial charge in [0.1, 0.15) is 0 Å². The highest BCUT2D eigenvalue weighted by molar-refractivity contribution is 5.97. The molecular weight excluding hydrogens is 266 g/mol. The molecule has 0 spiro atoms. The Morgan fingerprint density at radius 3 is 2.14 bits per heavy atom. The number of carbonyl (C=O) groups is 2. The van der Waals surface area contributed by atoms with E-state index in [1.165, 1.54) is 0 Å². The van der Waals surface area contributed by atoms with Gasteiger partial charge in [-0.15, -0.1) is 0 Å². The summed E-state index contributed by atoms with van der Waals surface area (Å²) in [4.78, 5) is 23.3. The van der Waals surface area contributed by atoms with Crippen LogP contribution < -0.4 is 16.8 Å². The second-order valence-corrected chi connectivity index (χ2v) is 4.63. The van der Waals surface area contributed by atoms with Crippen molar-refractivity contribution in [1.29, 1.82) is 0 Å². The first-order valence-corrected chi connectivity index (χ1v) is 6.57. The molecule has 2 amide bonds. The molecule has 0 radical (unpaired) electrons. The van der Waals surface area contributed by atoms with Crippen LogP contribution in [0.4, 0.5) is 5.69 Å². The molecule has 108 valence electrons. The summed E-state index contributed by atoms with van der Waals surface area (Å²) in [6.07, 6.45) is 0. The lowest BCUT2D eigenvalue weighted by Gasteiger charge is -2.15. The van der Waals surface area contributed by atoms with E-state index in [4.69, 9.17) is 11.5 Å². The lowest BCUT2D eigenvalue weighted by atomic mass is 9.98. The maximum Gasteiger partial charge on any atom is 0.248 e. The number of anilines is 1. The number of benzene rings is 2. The van der Waals surface area contributed by atoms with Crippen LogP contribution in [-0.4, -0.2) is 18.4 Å². The highest BCUT2D eigenvalue weighted by Gasteiger charge is 2.18. The molecule has 5 heteroatoms. The molecule has 5 nitrogen and oxygen atoms in total. The van der Waals surface area contributed by atoms with Gasteiger partial charge in [0.25, 0.3) is 0 Å². The number of carbonyl (C=O) groups excluding carboxylic acids is 2. The topological polar surface area (TPSA) is 98.2 Å². The van der Waals surface area contributed by atoms with E-state index >= 15 is 0 Å². The second kappa shape index (κ2) is 6.67. The first kappa shape index (κ1) is 14.7.